The molecule has 4 heteroatoms. The molecule has 0 radical (unpaired) electrons. The minimum atomic E-state index is 0.366. The highest BCUT2D eigenvalue weighted by molar-refractivity contribution is 9.10. The van der Waals surface area contributed by atoms with Gasteiger partial charge in [0.2, 0.25) is 0 Å². The summed E-state index contributed by atoms with van der Waals surface area (Å²) in [6.07, 6.45) is 4.03. The predicted octanol–water partition coefficient (Wildman–Crippen LogP) is 4.91. The zero-order chi connectivity index (χ0) is 13.4. The van der Waals surface area contributed by atoms with Crippen LogP contribution in [0.3, 0.4) is 0 Å². The lowest BCUT2D eigenvalue weighted by atomic mass is 10.1. The van der Waals surface area contributed by atoms with Crippen LogP contribution in [0.5, 0.6) is 0 Å². The summed E-state index contributed by atoms with van der Waals surface area (Å²) in [6.45, 7) is 1.97. The lowest BCUT2D eigenvalue weighted by molar-refractivity contribution is 0.761. The van der Waals surface area contributed by atoms with Gasteiger partial charge in [-0.2, -0.15) is 0 Å². The molecule has 1 N–H and O–H groups in total. The first-order chi connectivity index (χ1) is 9.13. The number of anilines is 1. The molecule has 2 aromatic rings. The monoisotopic (exact) mass is 336 g/mol. The number of nitrogens with one attached hydrogen (secondary N) is 1. The number of hydrogen-bond donors (Lipinski definition) is 1. The number of rotatable bonds is 2. The van der Waals surface area contributed by atoms with E-state index in [0.29, 0.717) is 11.2 Å². The Bertz CT molecular complexity index is 628. The molecule has 1 aliphatic rings. The molecule has 1 heterocycles. The summed E-state index contributed by atoms with van der Waals surface area (Å²) in [5.41, 5.74) is 4.84. The molecule has 1 aromatic carbocycles. The Morgan fingerprint density at radius 1 is 1.37 bits per heavy atom. The molecule has 1 aliphatic carbocycles. The number of hydrogen-bond acceptors (Lipinski definition) is 2. The highest BCUT2D eigenvalue weighted by Crippen LogP contribution is 2.35. The lowest BCUT2D eigenvalue weighted by Crippen LogP contribution is -2.07. The van der Waals surface area contributed by atoms with Crippen LogP contribution in [0.15, 0.2) is 34.9 Å². The molecule has 3 rings (SSSR count). The Hall–Kier alpha value is -1.06. The number of aryl methyl sites for hydroxylation is 2. The van der Waals surface area contributed by atoms with Crippen LogP contribution in [-0.2, 0) is 6.42 Å². The van der Waals surface area contributed by atoms with Crippen LogP contribution < -0.4 is 5.32 Å². The van der Waals surface area contributed by atoms with Crippen molar-refractivity contribution in [2.24, 2.45) is 0 Å². The van der Waals surface area contributed by atoms with E-state index in [9.17, 15) is 0 Å². The highest BCUT2D eigenvalue weighted by Gasteiger charge is 2.22. The second kappa shape index (κ2) is 5.14. The fourth-order valence-corrected chi connectivity index (χ4v) is 3.09. The summed E-state index contributed by atoms with van der Waals surface area (Å²) >= 11 is 9.48. The zero-order valence-electron chi connectivity index (χ0n) is 10.6. The number of halogens is 2. The Kier molecular flexibility index (Phi) is 3.50. The molecule has 0 amide bonds. The van der Waals surface area contributed by atoms with Crippen molar-refractivity contribution in [2.45, 2.75) is 25.8 Å². The van der Waals surface area contributed by atoms with E-state index in [4.69, 9.17) is 11.6 Å². The molecule has 1 aromatic heterocycles. The summed E-state index contributed by atoms with van der Waals surface area (Å²) in [5, 5.41) is 4.12. The highest BCUT2D eigenvalue weighted by atomic mass is 79.9. The first kappa shape index (κ1) is 12.9. The summed E-state index contributed by atoms with van der Waals surface area (Å²) in [5.74, 6) is 0. The van der Waals surface area contributed by atoms with E-state index in [2.05, 4.69) is 44.4 Å². The Labute approximate surface area is 126 Å². The molecule has 0 fully saturated rings. The number of benzene rings is 1. The van der Waals surface area contributed by atoms with Crippen LogP contribution in [0.25, 0.3) is 0 Å². The van der Waals surface area contributed by atoms with Crippen LogP contribution in [0.1, 0.15) is 29.2 Å². The molecular weight excluding hydrogens is 324 g/mol. The van der Waals surface area contributed by atoms with Crippen LogP contribution in [-0.4, -0.2) is 4.98 Å². The smallest absolute Gasteiger partial charge is 0.132 e. The number of nitrogens with zero attached hydrogens (tertiary/aromatic N) is 1. The largest absolute Gasteiger partial charge is 0.377 e. The van der Waals surface area contributed by atoms with Gasteiger partial charge in [0, 0.05) is 4.47 Å². The summed E-state index contributed by atoms with van der Waals surface area (Å²) in [7, 11) is 0. The maximum atomic E-state index is 5.95. The first-order valence-corrected chi connectivity index (χ1v) is 7.47. The molecule has 98 valence electrons. The molecule has 0 aliphatic heterocycles. The van der Waals surface area contributed by atoms with Crippen LogP contribution in [0.2, 0.25) is 5.15 Å². The van der Waals surface area contributed by atoms with Gasteiger partial charge in [-0.25, -0.2) is 4.98 Å². The van der Waals surface area contributed by atoms with Crippen molar-refractivity contribution in [1.29, 1.82) is 0 Å². The van der Waals surface area contributed by atoms with E-state index < -0.39 is 0 Å². The van der Waals surface area contributed by atoms with E-state index in [-0.39, 0.29) is 0 Å². The average molecular weight is 338 g/mol. The van der Waals surface area contributed by atoms with Crippen LogP contribution in [0, 0.1) is 6.92 Å². The van der Waals surface area contributed by atoms with E-state index >= 15 is 0 Å². The van der Waals surface area contributed by atoms with E-state index in [1.54, 1.807) is 6.20 Å². The van der Waals surface area contributed by atoms with Crippen LogP contribution in [0.4, 0.5) is 5.69 Å². The van der Waals surface area contributed by atoms with Crippen LogP contribution >= 0.6 is 27.5 Å². The molecule has 0 saturated carbocycles. The average Bonchev–Trinajstić information content (AvgIpc) is 2.76. The molecule has 0 bridgehead atoms. The third-order valence-corrected chi connectivity index (χ3v) is 4.43. The molecule has 0 spiro atoms. The van der Waals surface area contributed by atoms with E-state index in [0.717, 1.165) is 28.6 Å². The van der Waals surface area contributed by atoms with Gasteiger partial charge in [-0.3, -0.25) is 0 Å². The molecule has 1 unspecified atom stereocenters. The molecule has 19 heavy (non-hydrogen) atoms. The number of fused-ring (bicyclic) bond motifs is 1. The minimum absolute atomic E-state index is 0.366. The number of pyridine rings is 1. The topological polar surface area (TPSA) is 24.9 Å². The normalized spacial score (nSPS) is 17.3. The molecule has 2 nitrogen and oxygen atoms in total. The van der Waals surface area contributed by atoms with Crippen molar-refractivity contribution in [3.8, 4) is 0 Å². The molecule has 1 atom stereocenters. The quantitative estimate of drug-likeness (QED) is 0.788. The zero-order valence-corrected chi connectivity index (χ0v) is 12.9. The third kappa shape index (κ3) is 2.63. The predicted molar refractivity (Wildman–Crippen MR) is 82.8 cm³/mol. The van der Waals surface area contributed by atoms with Gasteiger partial charge in [0.15, 0.2) is 0 Å². The second-order valence-electron chi connectivity index (χ2n) is 4.91. The van der Waals surface area contributed by atoms with Gasteiger partial charge in [0.1, 0.15) is 5.15 Å². The van der Waals surface area contributed by atoms with E-state index in [1.165, 1.54) is 11.1 Å². The Morgan fingerprint density at radius 2 is 2.21 bits per heavy atom. The fourth-order valence-electron chi connectivity index (χ4n) is 2.57. The summed E-state index contributed by atoms with van der Waals surface area (Å²) < 4.78 is 1.15. The maximum absolute atomic E-state index is 5.95. The van der Waals surface area contributed by atoms with Gasteiger partial charge in [-0.15, -0.1) is 0 Å². The van der Waals surface area contributed by atoms with Gasteiger partial charge in [-0.1, -0.05) is 33.6 Å². The van der Waals surface area contributed by atoms with Gasteiger partial charge in [0.25, 0.3) is 0 Å². The van der Waals surface area contributed by atoms with Crippen molar-refractivity contribution in [1.82, 2.24) is 4.98 Å². The van der Waals surface area contributed by atoms with Crippen molar-refractivity contribution in [3.05, 3.63) is 56.8 Å². The second-order valence-corrected chi connectivity index (χ2v) is 6.18. The standard InChI is InChI=1S/C15H14BrClN2/c1-9-6-12(8-18-15(9)17)19-14-5-2-10-7-11(16)3-4-13(10)14/h3-4,6-8,14,19H,2,5H2,1H3. The Morgan fingerprint density at radius 3 is 3.00 bits per heavy atom. The van der Waals surface area contributed by atoms with Crippen molar-refractivity contribution >= 4 is 33.2 Å². The van der Waals surface area contributed by atoms with Crippen molar-refractivity contribution in [2.75, 3.05) is 5.32 Å². The first-order valence-electron chi connectivity index (χ1n) is 6.30. The lowest BCUT2D eigenvalue weighted by Gasteiger charge is -2.16. The molecule has 0 saturated heterocycles. The number of aromatic nitrogens is 1. The minimum Gasteiger partial charge on any atom is -0.377 e. The maximum Gasteiger partial charge on any atom is 0.132 e. The fraction of sp³-hybridized carbons (Fsp3) is 0.267. The van der Waals surface area contributed by atoms with Crippen molar-refractivity contribution < 1.29 is 0 Å². The van der Waals surface area contributed by atoms with E-state index in [1.807, 2.05) is 13.0 Å². The van der Waals surface area contributed by atoms with Gasteiger partial charge < -0.3 is 5.32 Å². The summed E-state index contributed by atoms with van der Waals surface area (Å²) in [6, 6.07) is 8.92. The third-order valence-electron chi connectivity index (χ3n) is 3.54. The van der Waals surface area contributed by atoms with Gasteiger partial charge in [-0.05, 0) is 54.7 Å². The Balaban J connectivity index is 1.84. The van der Waals surface area contributed by atoms with Gasteiger partial charge >= 0.3 is 0 Å². The van der Waals surface area contributed by atoms with Crippen molar-refractivity contribution in [3.63, 3.8) is 0 Å². The SMILES string of the molecule is Cc1cc(NC2CCc3cc(Br)ccc32)cnc1Cl. The van der Waals surface area contributed by atoms with Gasteiger partial charge in [0.05, 0.1) is 17.9 Å². The summed E-state index contributed by atoms with van der Waals surface area (Å²) in [4.78, 5) is 4.19. The molecular formula is C15H14BrClN2.